The van der Waals surface area contributed by atoms with Crippen molar-refractivity contribution in [2.45, 2.75) is 6.42 Å². The van der Waals surface area contributed by atoms with Gasteiger partial charge in [-0.3, -0.25) is 0 Å². The van der Waals surface area contributed by atoms with E-state index in [1.54, 1.807) is 0 Å². The highest BCUT2D eigenvalue weighted by molar-refractivity contribution is 5.59. The van der Waals surface area contributed by atoms with Crippen molar-refractivity contribution in [3.63, 3.8) is 0 Å². The molecule has 0 unspecified atom stereocenters. The minimum absolute atomic E-state index is 0.0781. The molecule has 17 heavy (non-hydrogen) atoms. The maximum atomic E-state index is 13.0. The van der Waals surface area contributed by atoms with Crippen LogP contribution in [0.3, 0.4) is 0 Å². The fourth-order valence-corrected chi connectivity index (χ4v) is 1.38. The van der Waals surface area contributed by atoms with Gasteiger partial charge in [0.05, 0.1) is 6.61 Å². The molecule has 0 radical (unpaired) electrons. The zero-order chi connectivity index (χ0) is 12.4. The molecule has 0 saturated carbocycles. The number of hydrogen-bond acceptors (Lipinski definition) is 3. The summed E-state index contributed by atoms with van der Waals surface area (Å²) < 4.78 is 43.5. The van der Waals surface area contributed by atoms with E-state index in [1.807, 2.05) is 0 Å². The largest absolute Gasteiger partial charge is 0.396 e. The van der Waals surface area contributed by atoms with Crippen LogP contribution in [0.1, 0.15) is 5.76 Å². The number of benzene rings is 1. The van der Waals surface area contributed by atoms with Gasteiger partial charge in [-0.1, -0.05) is 5.16 Å². The van der Waals surface area contributed by atoms with E-state index in [4.69, 9.17) is 9.63 Å². The van der Waals surface area contributed by atoms with Crippen LogP contribution in [0.4, 0.5) is 13.2 Å². The Labute approximate surface area is 94.5 Å². The van der Waals surface area contributed by atoms with Gasteiger partial charge in [0.15, 0.2) is 17.5 Å². The summed E-state index contributed by atoms with van der Waals surface area (Å²) in [5.41, 5.74) is 0.264. The summed E-state index contributed by atoms with van der Waals surface area (Å²) >= 11 is 0. The lowest BCUT2D eigenvalue weighted by Gasteiger charge is -1.98. The Morgan fingerprint density at radius 3 is 2.35 bits per heavy atom. The van der Waals surface area contributed by atoms with E-state index in [2.05, 4.69) is 5.16 Å². The molecule has 90 valence electrons. The van der Waals surface area contributed by atoms with Crippen LogP contribution in [-0.4, -0.2) is 16.9 Å². The Hall–Kier alpha value is -1.82. The van der Waals surface area contributed by atoms with Crippen molar-refractivity contribution in [3.8, 4) is 11.3 Å². The van der Waals surface area contributed by atoms with Crippen molar-refractivity contribution >= 4 is 0 Å². The highest BCUT2D eigenvalue weighted by Gasteiger charge is 2.14. The third-order valence-electron chi connectivity index (χ3n) is 2.20. The van der Waals surface area contributed by atoms with E-state index in [0.717, 1.165) is 12.1 Å². The lowest BCUT2D eigenvalue weighted by atomic mass is 10.1. The lowest BCUT2D eigenvalue weighted by Crippen LogP contribution is -1.91. The van der Waals surface area contributed by atoms with E-state index >= 15 is 0 Å². The smallest absolute Gasteiger partial charge is 0.194 e. The molecule has 0 aliphatic carbocycles. The fraction of sp³-hybridized carbons (Fsp3) is 0.182. The summed E-state index contributed by atoms with van der Waals surface area (Å²) in [5.74, 6) is -3.71. The summed E-state index contributed by atoms with van der Waals surface area (Å²) in [6.45, 7) is -0.124. The molecule has 0 atom stereocenters. The maximum Gasteiger partial charge on any atom is 0.194 e. The number of aliphatic hydroxyl groups is 1. The lowest BCUT2D eigenvalue weighted by molar-refractivity contribution is 0.277. The van der Waals surface area contributed by atoms with Crippen molar-refractivity contribution in [1.82, 2.24) is 5.16 Å². The van der Waals surface area contributed by atoms with Gasteiger partial charge in [0.1, 0.15) is 11.5 Å². The van der Waals surface area contributed by atoms with Crippen molar-refractivity contribution in [1.29, 1.82) is 0 Å². The highest BCUT2D eigenvalue weighted by Crippen LogP contribution is 2.23. The van der Waals surface area contributed by atoms with Crippen LogP contribution in [0, 0.1) is 17.5 Å². The second kappa shape index (κ2) is 4.58. The summed E-state index contributed by atoms with van der Waals surface area (Å²) in [4.78, 5) is 0. The molecule has 1 N–H and O–H groups in total. The molecule has 0 aliphatic rings. The SMILES string of the molecule is OCCc1cc(-c2cc(F)c(F)c(F)c2)no1. The minimum Gasteiger partial charge on any atom is -0.396 e. The van der Waals surface area contributed by atoms with Gasteiger partial charge in [-0.2, -0.15) is 0 Å². The van der Waals surface area contributed by atoms with E-state index in [0.29, 0.717) is 5.76 Å². The van der Waals surface area contributed by atoms with Gasteiger partial charge >= 0.3 is 0 Å². The number of aromatic nitrogens is 1. The number of halogens is 3. The van der Waals surface area contributed by atoms with E-state index in [9.17, 15) is 13.2 Å². The average molecular weight is 243 g/mol. The summed E-state index contributed by atoms with van der Waals surface area (Å²) in [6.07, 6.45) is 0.249. The number of rotatable bonds is 3. The van der Waals surface area contributed by atoms with Crippen LogP contribution in [0.5, 0.6) is 0 Å². The average Bonchev–Trinajstić information content (AvgIpc) is 2.74. The van der Waals surface area contributed by atoms with Crippen LogP contribution in [-0.2, 0) is 6.42 Å². The molecule has 0 amide bonds. The van der Waals surface area contributed by atoms with Crippen LogP contribution in [0.25, 0.3) is 11.3 Å². The van der Waals surface area contributed by atoms with E-state index in [-0.39, 0.29) is 24.3 Å². The predicted octanol–water partition coefficient (Wildman–Crippen LogP) is 2.29. The molecular formula is C11H8F3NO2. The predicted molar refractivity (Wildman–Crippen MR) is 52.6 cm³/mol. The first-order valence-corrected chi connectivity index (χ1v) is 4.83. The molecule has 0 saturated heterocycles. The van der Waals surface area contributed by atoms with Crippen LogP contribution >= 0.6 is 0 Å². The molecule has 3 nitrogen and oxygen atoms in total. The number of aliphatic hydroxyl groups excluding tert-OH is 1. The van der Waals surface area contributed by atoms with Crippen molar-refractivity contribution in [2.24, 2.45) is 0 Å². The Kier molecular flexibility index (Phi) is 3.14. The van der Waals surface area contributed by atoms with Crippen molar-refractivity contribution in [2.75, 3.05) is 6.61 Å². The van der Waals surface area contributed by atoms with Gasteiger partial charge in [-0.15, -0.1) is 0 Å². The molecule has 2 rings (SSSR count). The third kappa shape index (κ3) is 2.31. The van der Waals surface area contributed by atoms with Gasteiger partial charge in [0.25, 0.3) is 0 Å². The molecule has 1 heterocycles. The van der Waals surface area contributed by atoms with Crippen molar-refractivity contribution < 1.29 is 22.8 Å². The first-order chi connectivity index (χ1) is 8.11. The van der Waals surface area contributed by atoms with Crippen molar-refractivity contribution in [3.05, 3.63) is 41.4 Å². The van der Waals surface area contributed by atoms with Gasteiger partial charge in [-0.25, -0.2) is 13.2 Å². The summed E-state index contributed by atoms with van der Waals surface area (Å²) in [5, 5.41) is 12.2. The Morgan fingerprint density at radius 2 is 1.76 bits per heavy atom. The van der Waals surface area contributed by atoms with Crippen LogP contribution in [0.15, 0.2) is 22.7 Å². The molecule has 2 aromatic rings. The zero-order valence-electron chi connectivity index (χ0n) is 8.58. The Bertz CT molecular complexity index is 516. The maximum absolute atomic E-state index is 13.0. The second-order valence-electron chi connectivity index (χ2n) is 3.41. The number of hydrogen-bond donors (Lipinski definition) is 1. The Morgan fingerprint density at radius 1 is 1.12 bits per heavy atom. The third-order valence-corrected chi connectivity index (χ3v) is 2.20. The molecule has 0 bridgehead atoms. The van der Waals surface area contributed by atoms with E-state index in [1.165, 1.54) is 6.07 Å². The van der Waals surface area contributed by atoms with Gasteiger partial charge in [0, 0.05) is 18.1 Å². The van der Waals surface area contributed by atoms with Gasteiger partial charge in [0.2, 0.25) is 0 Å². The molecule has 0 aliphatic heterocycles. The Balaban J connectivity index is 2.39. The monoisotopic (exact) mass is 243 g/mol. The first kappa shape index (κ1) is 11.7. The molecular weight excluding hydrogens is 235 g/mol. The first-order valence-electron chi connectivity index (χ1n) is 4.83. The standard InChI is InChI=1S/C11H8F3NO2/c12-8-3-6(4-9(13)11(8)14)10-5-7(1-2-16)17-15-10/h3-5,16H,1-2H2. The van der Waals surface area contributed by atoms with Gasteiger partial charge < -0.3 is 9.63 Å². The topological polar surface area (TPSA) is 46.3 Å². The number of nitrogens with zero attached hydrogens (tertiary/aromatic N) is 1. The molecule has 1 aromatic carbocycles. The quantitative estimate of drug-likeness (QED) is 0.841. The molecule has 0 spiro atoms. The minimum atomic E-state index is -1.52. The second-order valence-corrected chi connectivity index (χ2v) is 3.41. The molecule has 1 aromatic heterocycles. The summed E-state index contributed by atoms with van der Waals surface area (Å²) in [7, 11) is 0. The van der Waals surface area contributed by atoms with Crippen LogP contribution < -0.4 is 0 Å². The normalized spacial score (nSPS) is 10.8. The zero-order valence-corrected chi connectivity index (χ0v) is 8.58. The molecule has 0 fully saturated rings. The summed E-state index contributed by atoms with van der Waals surface area (Å²) in [6, 6.07) is 3.10. The molecule has 6 heteroatoms. The highest BCUT2D eigenvalue weighted by atomic mass is 19.2. The van der Waals surface area contributed by atoms with Gasteiger partial charge in [-0.05, 0) is 12.1 Å². The van der Waals surface area contributed by atoms with Crippen LogP contribution in [0.2, 0.25) is 0 Å². The van der Waals surface area contributed by atoms with E-state index < -0.39 is 17.5 Å². The fourth-order valence-electron chi connectivity index (χ4n) is 1.38.